The van der Waals surface area contributed by atoms with Gasteiger partial charge < -0.3 is 19.2 Å². The number of rotatable bonds is 7. The van der Waals surface area contributed by atoms with Crippen molar-refractivity contribution in [1.29, 1.82) is 0 Å². The number of methoxy groups -OCH3 is 1. The molecule has 3 aromatic carbocycles. The van der Waals surface area contributed by atoms with Gasteiger partial charge in [-0.25, -0.2) is 0 Å². The van der Waals surface area contributed by atoms with Gasteiger partial charge in [-0.3, -0.25) is 9.78 Å². The van der Waals surface area contributed by atoms with Gasteiger partial charge in [0.25, 0.3) is 0 Å². The lowest BCUT2D eigenvalue weighted by Crippen LogP contribution is -2.09. The second-order valence-corrected chi connectivity index (χ2v) is 8.73. The standard InChI is InChI=1S/C31H28N2O4/c1-5-36-30-20(3)31-24(25(18-37-31)22-12-6-7-14-27(22)35-4)17-23(30)19(2)16-28(34)33-26-13-8-10-21-11-9-15-32-29(21)26/h6-18H,5H2,1-4H3,(H,33,34)/b19-16+. The molecule has 37 heavy (non-hydrogen) atoms. The van der Waals surface area contributed by atoms with Crippen molar-refractivity contribution >= 4 is 39.0 Å². The fourth-order valence-electron chi connectivity index (χ4n) is 4.66. The molecule has 1 N–H and O–H groups in total. The van der Waals surface area contributed by atoms with Crippen LogP contribution in [0.5, 0.6) is 11.5 Å². The van der Waals surface area contributed by atoms with E-state index in [1.54, 1.807) is 25.6 Å². The first kappa shape index (κ1) is 24.1. The Balaban J connectivity index is 1.58. The highest BCUT2D eigenvalue weighted by Crippen LogP contribution is 2.42. The lowest BCUT2D eigenvalue weighted by molar-refractivity contribution is -0.111. The van der Waals surface area contributed by atoms with Gasteiger partial charge in [0, 0.05) is 45.3 Å². The van der Waals surface area contributed by atoms with E-state index < -0.39 is 0 Å². The minimum Gasteiger partial charge on any atom is -0.496 e. The maximum Gasteiger partial charge on any atom is 0.248 e. The summed E-state index contributed by atoms with van der Waals surface area (Å²) in [6, 6.07) is 19.4. The van der Waals surface area contributed by atoms with E-state index in [0.29, 0.717) is 18.0 Å². The number of ether oxygens (including phenoxy) is 2. The highest BCUT2D eigenvalue weighted by molar-refractivity contribution is 6.09. The van der Waals surface area contributed by atoms with E-state index in [9.17, 15) is 4.79 Å². The van der Waals surface area contributed by atoms with Crippen molar-refractivity contribution in [3.63, 3.8) is 0 Å². The summed E-state index contributed by atoms with van der Waals surface area (Å²) in [6.07, 6.45) is 5.05. The van der Waals surface area contributed by atoms with E-state index in [-0.39, 0.29) is 5.91 Å². The predicted octanol–water partition coefficient (Wildman–Crippen LogP) is 7.41. The Hall–Kier alpha value is -4.58. The third-order valence-corrected chi connectivity index (χ3v) is 6.39. The first-order valence-corrected chi connectivity index (χ1v) is 12.2. The van der Waals surface area contributed by atoms with Crippen LogP contribution in [0.4, 0.5) is 5.69 Å². The van der Waals surface area contributed by atoms with Crippen molar-refractivity contribution in [3.05, 3.63) is 90.3 Å². The van der Waals surface area contributed by atoms with Gasteiger partial charge in [-0.1, -0.05) is 36.4 Å². The number of carbonyl (C=O) groups excluding carboxylic acids is 1. The molecule has 0 atom stereocenters. The van der Waals surface area contributed by atoms with E-state index >= 15 is 0 Å². The van der Waals surface area contributed by atoms with Crippen LogP contribution in [0, 0.1) is 6.92 Å². The fraction of sp³-hybridized carbons (Fsp3) is 0.161. The number of hydrogen-bond donors (Lipinski definition) is 1. The molecule has 0 aliphatic carbocycles. The van der Waals surface area contributed by atoms with Crippen LogP contribution in [-0.4, -0.2) is 24.6 Å². The Morgan fingerprint density at radius 3 is 2.70 bits per heavy atom. The second-order valence-electron chi connectivity index (χ2n) is 8.73. The van der Waals surface area contributed by atoms with E-state index in [2.05, 4.69) is 10.3 Å². The van der Waals surface area contributed by atoms with Crippen LogP contribution < -0.4 is 14.8 Å². The molecular weight excluding hydrogens is 464 g/mol. The van der Waals surface area contributed by atoms with Crippen LogP contribution in [0.2, 0.25) is 0 Å². The molecule has 2 aromatic heterocycles. The summed E-state index contributed by atoms with van der Waals surface area (Å²) in [4.78, 5) is 17.5. The van der Waals surface area contributed by atoms with Gasteiger partial charge >= 0.3 is 0 Å². The van der Waals surface area contributed by atoms with Crippen molar-refractivity contribution in [2.24, 2.45) is 0 Å². The molecule has 5 rings (SSSR count). The van der Waals surface area contributed by atoms with Crippen LogP contribution in [0.3, 0.4) is 0 Å². The molecule has 0 saturated heterocycles. The number of aromatic nitrogens is 1. The summed E-state index contributed by atoms with van der Waals surface area (Å²) in [5.41, 5.74) is 6.48. The van der Waals surface area contributed by atoms with Gasteiger partial charge in [-0.2, -0.15) is 0 Å². The van der Waals surface area contributed by atoms with Crippen LogP contribution in [-0.2, 0) is 4.79 Å². The van der Waals surface area contributed by atoms with E-state index in [1.165, 1.54) is 0 Å². The minimum atomic E-state index is -0.243. The van der Waals surface area contributed by atoms with Crippen LogP contribution in [0.1, 0.15) is 25.0 Å². The number of carbonyl (C=O) groups is 1. The van der Waals surface area contributed by atoms with E-state index in [0.717, 1.165) is 55.4 Å². The highest BCUT2D eigenvalue weighted by Gasteiger charge is 2.20. The number of pyridine rings is 1. The average molecular weight is 493 g/mol. The summed E-state index contributed by atoms with van der Waals surface area (Å²) in [6.45, 7) is 6.31. The Bertz CT molecular complexity index is 1640. The Labute approximate surface area is 215 Å². The van der Waals surface area contributed by atoms with Gasteiger partial charge in [0.2, 0.25) is 5.91 Å². The maximum absolute atomic E-state index is 13.1. The van der Waals surface area contributed by atoms with Gasteiger partial charge in [0.05, 0.1) is 31.2 Å². The minimum absolute atomic E-state index is 0.243. The number of nitrogens with one attached hydrogen (secondary N) is 1. The molecule has 0 aliphatic heterocycles. The number of fused-ring (bicyclic) bond motifs is 2. The summed E-state index contributed by atoms with van der Waals surface area (Å²) < 4.78 is 17.7. The first-order valence-electron chi connectivity index (χ1n) is 12.2. The van der Waals surface area contributed by atoms with Gasteiger partial charge in [-0.05, 0) is 50.6 Å². The molecule has 1 amide bonds. The predicted molar refractivity (Wildman–Crippen MR) is 148 cm³/mol. The number of nitrogens with zero attached hydrogens (tertiary/aromatic N) is 1. The molecule has 0 radical (unpaired) electrons. The fourth-order valence-corrected chi connectivity index (χ4v) is 4.66. The third-order valence-electron chi connectivity index (χ3n) is 6.39. The summed E-state index contributed by atoms with van der Waals surface area (Å²) in [5, 5.41) is 4.87. The number of para-hydroxylation sites is 2. The zero-order valence-corrected chi connectivity index (χ0v) is 21.3. The van der Waals surface area contributed by atoms with Crippen LogP contribution >= 0.6 is 0 Å². The number of benzene rings is 3. The zero-order valence-electron chi connectivity index (χ0n) is 21.3. The van der Waals surface area contributed by atoms with Crippen molar-refractivity contribution in [3.8, 4) is 22.6 Å². The number of aryl methyl sites for hydroxylation is 1. The monoisotopic (exact) mass is 492 g/mol. The van der Waals surface area contributed by atoms with Gasteiger partial charge in [0.1, 0.15) is 17.1 Å². The lowest BCUT2D eigenvalue weighted by atomic mass is 9.96. The quantitative estimate of drug-likeness (QED) is 0.240. The molecule has 6 nitrogen and oxygen atoms in total. The number of amides is 1. The number of anilines is 1. The maximum atomic E-state index is 13.1. The van der Waals surface area contributed by atoms with Crippen molar-refractivity contribution in [2.75, 3.05) is 19.0 Å². The Morgan fingerprint density at radius 1 is 1.08 bits per heavy atom. The van der Waals surface area contributed by atoms with E-state index in [1.807, 2.05) is 81.4 Å². The molecule has 6 heteroatoms. The SMILES string of the molecule is CCOc1c(/C(C)=C/C(=O)Nc2cccc3cccnc23)cc2c(-c3ccccc3OC)coc2c1C. The largest absolute Gasteiger partial charge is 0.496 e. The number of hydrogen-bond acceptors (Lipinski definition) is 5. The molecule has 0 bridgehead atoms. The molecular formula is C31H28N2O4. The Morgan fingerprint density at radius 2 is 1.89 bits per heavy atom. The molecule has 0 unspecified atom stereocenters. The molecule has 0 aliphatic rings. The molecule has 186 valence electrons. The molecule has 0 fully saturated rings. The topological polar surface area (TPSA) is 73.6 Å². The molecule has 5 aromatic rings. The summed E-state index contributed by atoms with van der Waals surface area (Å²) in [7, 11) is 1.65. The normalized spacial score (nSPS) is 11.6. The lowest BCUT2D eigenvalue weighted by Gasteiger charge is -2.15. The van der Waals surface area contributed by atoms with Crippen molar-refractivity contribution in [1.82, 2.24) is 4.98 Å². The Kier molecular flexibility index (Phi) is 6.64. The third kappa shape index (κ3) is 4.54. The summed E-state index contributed by atoms with van der Waals surface area (Å²) >= 11 is 0. The van der Waals surface area contributed by atoms with Crippen molar-refractivity contribution < 1.29 is 18.7 Å². The first-order chi connectivity index (χ1) is 18.0. The molecule has 0 saturated carbocycles. The summed E-state index contributed by atoms with van der Waals surface area (Å²) in [5.74, 6) is 1.21. The number of furan rings is 1. The van der Waals surface area contributed by atoms with Gasteiger partial charge in [-0.15, -0.1) is 0 Å². The van der Waals surface area contributed by atoms with E-state index in [4.69, 9.17) is 13.9 Å². The average Bonchev–Trinajstić information content (AvgIpc) is 3.34. The van der Waals surface area contributed by atoms with Crippen LogP contribution in [0.25, 0.3) is 38.6 Å². The van der Waals surface area contributed by atoms with Crippen molar-refractivity contribution in [2.45, 2.75) is 20.8 Å². The van der Waals surface area contributed by atoms with Crippen LogP contribution in [0.15, 0.2) is 83.6 Å². The number of allylic oxidation sites excluding steroid dienone is 1. The molecule has 2 heterocycles. The second kappa shape index (κ2) is 10.2. The molecule has 0 spiro atoms. The highest BCUT2D eigenvalue weighted by atomic mass is 16.5. The van der Waals surface area contributed by atoms with Gasteiger partial charge in [0.15, 0.2) is 0 Å². The zero-order chi connectivity index (χ0) is 25.9. The smallest absolute Gasteiger partial charge is 0.248 e.